The Morgan fingerprint density at radius 1 is 1.35 bits per heavy atom. The lowest BCUT2D eigenvalue weighted by molar-refractivity contribution is -0.137. The van der Waals surface area contributed by atoms with E-state index >= 15 is 0 Å². The molecule has 1 aliphatic rings. The van der Waals surface area contributed by atoms with Crippen LogP contribution in [0.1, 0.15) is 17.5 Å². The van der Waals surface area contributed by atoms with Gasteiger partial charge in [-0.25, -0.2) is 8.42 Å². The van der Waals surface area contributed by atoms with Crippen LogP contribution in [0.4, 0.5) is 13.2 Å². The number of alkyl halides is 3. The van der Waals surface area contributed by atoms with Crippen molar-refractivity contribution in [3.05, 3.63) is 35.4 Å². The van der Waals surface area contributed by atoms with Crippen molar-refractivity contribution in [3.63, 3.8) is 0 Å². The number of rotatable bonds is 3. The quantitative estimate of drug-likeness (QED) is 0.922. The number of hydrogen-bond acceptors (Lipinski definition) is 3. The molecular formula is C12H15F3N2O2S. The highest BCUT2D eigenvalue weighted by molar-refractivity contribution is 7.90. The van der Waals surface area contributed by atoms with E-state index < -0.39 is 27.0 Å². The molecule has 1 aliphatic heterocycles. The Morgan fingerprint density at radius 2 is 2.05 bits per heavy atom. The fourth-order valence-corrected chi connectivity index (χ4v) is 3.99. The van der Waals surface area contributed by atoms with E-state index in [2.05, 4.69) is 0 Å². The molecule has 8 heteroatoms. The van der Waals surface area contributed by atoms with Crippen LogP contribution in [0.2, 0.25) is 0 Å². The van der Waals surface area contributed by atoms with Crippen LogP contribution in [0, 0.1) is 0 Å². The van der Waals surface area contributed by atoms with Gasteiger partial charge in [0.05, 0.1) is 10.8 Å². The number of nitrogens with two attached hydrogens (primary N) is 1. The number of halogens is 3. The highest BCUT2D eigenvalue weighted by Crippen LogP contribution is 2.30. The Kier molecular flexibility index (Phi) is 4.08. The SMILES string of the molecule is NCC1CCN(Cc2cccc(C(F)(F)F)c2)S1(=O)=O. The van der Waals surface area contributed by atoms with E-state index in [1.165, 1.54) is 16.4 Å². The van der Waals surface area contributed by atoms with Crippen LogP contribution in [0.25, 0.3) is 0 Å². The minimum atomic E-state index is -4.43. The normalized spacial score (nSPS) is 23.1. The summed E-state index contributed by atoms with van der Waals surface area (Å²) in [5.41, 5.74) is 4.94. The Morgan fingerprint density at radius 3 is 2.60 bits per heavy atom. The van der Waals surface area contributed by atoms with Crippen molar-refractivity contribution in [2.75, 3.05) is 13.1 Å². The zero-order valence-corrected chi connectivity index (χ0v) is 11.4. The molecule has 1 atom stereocenters. The van der Waals surface area contributed by atoms with E-state index in [1.807, 2.05) is 0 Å². The molecule has 1 aromatic rings. The fourth-order valence-electron chi connectivity index (χ4n) is 2.23. The summed E-state index contributed by atoms with van der Waals surface area (Å²) in [4.78, 5) is 0. The molecule has 0 saturated carbocycles. The van der Waals surface area contributed by atoms with Gasteiger partial charge in [-0.1, -0.05) is 18.2 Å². The first-order valence-electron chi connectivity index (χ1n) is 6.10. The number of sulfonamides is 1. The van der Waals surface area contributed by atoms with Gasteiger partial charge in [-0.3, -0.25) is 0 Å². The largest absolute Gasteiger partial charge is 0.416 e. The average Bonchev–Trinajstić information content (AvgIpc) is 2.64. The van der Waals surface area contributed by atoms with Crippen LogP contribution in [0.15, 0.2) is 24.3 Å². The molecule has 0 bridgehead atoms. The van der Waals surface area contributed by atoms with Gasteiger partial charge < -0.3 is 5.73 Å². The maximum atomic E-state index is 12.6. The summed E-state index contributed by atoms with van der Waals surface area (Å²) in [6, 6.07) is 4.71. The summed E-state index contributed by atoms with van der Waals surface area (Å²) >= 11 is 0. The van der Waals surface area contributed by atoms with Crippen LogP contribution in [0.5, 0.6) is 0 Å². The third-order valence-corrected chi connectivity index (χ3v) is 5.66. The van der Waals surface area contributed by atoms with Gasteiger partial charge in [0.2, 0.25) is 10.0 Å². The minimum absolute atomic E-state index is 0.0292. The summed E-state index contributed by atoms with van der Waals surface area (Å²) in [6.45, 7) is 0.268. The van der Waals surface area contributed by atoms with Gasteiger partial charge in [0, 0.05) is 19.6 Å². The van der Waals surface area contributed by atoms with Crippen LogP contribution in [-0.2, 0) is 22.7 Å². The van der Waals surface area contributed by atoms with Crippen molar-refractivity contribution in [2.45, 2.75) is 24.4 Å². The Hall–Kier alpha value is -1.12. The second-order valence-corrected chi connectivity index (χ2v) is 6.94. The zero-order chi connectivity index (χ0) is 15.0. The molecule has 20 heavy (non-hydrogen) atoms. The first-order valence-corrected chi connectivity index (χ1v) is 7.60. The Labute approximate surface area is 115 Å². The molecule has 1 unspecified atom stereocenters. The molecule has 1 saturated heterocycles. The maximum absolute atomic E-state index is 12.6. The molecule has 0 aromatic heterocycles. The number of hydrogen-bond donors (Lipinski definition) is 1. The van der Waals surface area contributed by atoms with E-state index in [9.17, 15) is 21.6 Å². The lowest BCUT2D eigenvalue weighted by Gasteiger charge is -2.17. The third kappa shape index (κ3) is 2.97. The summed E-state index contributed by atoms with van der Waals surface area (Å²) in [5.74, 6) is 0. The average molecular weight is 308 g/mol. The summed E-state index contributed by atoms with van der Waals surface area (Å²) in [5, 5.41) is -0.631. The lowest BCUT2D eigenvalue weighted by atomic mass is 10.1. The van der Waals surface area contributed by atoms with Gasteiger partial charge in [0.15, 0.2) is 0 Å². The van der Waals surface area contributed by atoms with Crippen molar-refractivity contribution in [2.24, 2.45) is 5.73 Å². The van der Waals surface area contributed by atoms with Gasteiger partial charge in [-0.2, -0.15) is 17.5 Å². The summed E-state index contributed by atoms with van der Waals surface area (Å²) < 4.78 is 63.1. The highest BCUT2D eigenvalue weighted by atomic mass is 32.2. The predicted molar refractivity (Wildman–Crippen MR) is 68.2 cm³/mol. The Balaban J connectivity index is 2.20. The first kappa shape index (κ1) is 15.3. The molecule has 2 rings (SSSR count). The van der Waals surface area contributed by atoms with Gasteiger partial charge in [-0.15, -0.1) is 0 Å². The number of nitrogens with zero attached hydrogens (tertiary/aromatic N) is 1. The van der Waals surface area contributed by atoms with E-state index in [4.69, 9.17) is 5.73 Å². The summed E-state index contributed by atoms with van der Waals surface area (Å²) in [7, 11) is -3.50. The molecule has 0 spiro atoms. The molecule has 4 nitrogen and oxygen atoms in total. The molecule has 0 radical (unpaired) electrons. The number of benzene rings is 1. The van der Waals surface area contributed by atoms with E-state index in [-0.39, 0.29) is 13.1 Å². The van der Waals surface area contributed by atoms with Crippen molar-refractivity contribution in [1.29, 1.82) is 0 Å². The molecule has 1 heterocycles. The predicted octanol–water partition coefficient (Wildman–Crippen LogP) is 1.57. The molecular weight excluding hydrogens is 293 g/mol. The second kappa shape index (κ2) is 5.34. The molecule has 1 fully saturated rings. The molecule has 0 amide bonds. The molecule has 2 N–H and O–H groups in total. The van der Waals surface area contributed by atoms with E-state index in [1.54, 1.807) is 0 Å². The maximum Gasteiger partial charge on any atom is 0.416 e. The van der Waals surface area contributed by atoms with Gasteiger partial charge in [0.1, 0.15) is 0 Å². The van der Waals surface area contributed by atoms with Gasteiger partial charge in [0.25, 0.3) is 0 Å². The first-order chi connectivity index (χ1) is 9.25. The van der Waals surface area contributed by atoms with Gasteiger partial charge >= 0.3 is 6.18 Å². The smallest absolute Gasteiger partial charge is 0.329 e. The molecule has 1 aromatic carbocycles. The van der Waals surface area contributed by atoms with Crippen molar-refractivity contribution in [3.8, 4) is 0 Å². The fraction of sp³-hybridized carbons (Fsp3) is 0.500. The molecule has 0 aliphatic carbocycles. The second-order valence-electron chi connectivity index (χ2n) is 4.72. The topological polar surface area (TPSA) is 63.4 Å². The van der Waals surface area contributed by atoms with Crippen LogP contribution in [-0.4, -0.2) is 31.1 Å². The van der Waals surface area contributed by atoms with Crippen LogP contribution in [0.3, 0.4) is 0 Å². The standard InChI is InChI=1S/C12H15F3N2O2S/c13-12(14,15)10-3-1-2-9(6-10)8-17-5-4-11(7-16)20(17,18)19/h1-3,6,11H,4-5,7-8,16H2. The Bertz CT molecular complexity index is 587. The summed E-state index contributed by atoms with van der Waals surface area (Å²) in [6.07, 6.45) is -4.02. The van der Waals surface area contributed by atoms with Crippen molar-refractivity contribution >= 4 is 10.0 Å². The van der Waals surface area contributed by atoms with Crippen LogP contribution >= 0.6 is 0 Å². The van der Waals surface area contributed by atoms with Crippen molar-refractivity contribution in [1.82, 2.24) is 4.31 Å². The van der Waals surface area contributed by atoms with E-state index in [0.717, 1.165) is 12.1 Å². The zero-order valence-electron chi connectivity index (χ0n) is 10.6. The van der Waals surface area contributed by atoms with E-state index in [0.29, 0.717) is 18.5 Å². The third-order valence-electron chi connectivity index (χ3n) is 3.36. The van der Waals surface area contributed by atoms with Gasteiger partial charge in [-0.05, 0) is 18.1 Å². The lowest BCUT2D eigenvalue weighted by Crippen LogP contribution is -2.32. The minimum Gasteiger partial charge on any atom is -0.329 e. The van der Waals surface area contributed by atoms with Crippen LogP contribution < -0.4 is 5.73 Å². The highest BCUT2D eigenvalue weighted by Gasteiger charge is 2.38. The van der Waals surface area contributed by atoms with Crippen molar-refractivity contribution < 1.29 is 21.6 Å². The molecule has 112 valence electrons. The monoisotopic (exact) mass is 308 g/mol.